The van der Waals surface area contributed by atoms with Gasteiger partial charge in [-0.05, 0) is 24.6 Å². The van der Waals surface area contributed by atoms with Gasteiger partial charge in [-0.1, -0.05) is 12.1 Å². The van der Waals surface area contributed by atoms with E-state index in [9.17, 15) is 8.42 Å². The molecule has 0 fully saturated rings. The first-order chi connectivity index (χ1) is 8.93. The van der Waals surface area contributed by atoms with Crippen molar-refractivity contribution in [3.8, 4) is 0 Å². The van der Waals surface area contributed by atoms with Crippen molar-refractivity contribution in [2.24, 2.45) is 5.73 Å². The maximum absolute atomic E-state index is 11.4. The second kappa shape index (κ2) is 5.14. The quantitative estimate of drug-likeness (QED) is 0.916. The third-order valence-electron chi connectivity index (χ3n) is 3.03. The molecule has 5 nitrogen and oxygen atoms in total. The number of nitrogens with two attached hydrogens (primary N) is 1. The number of nitrogens with zero attached hydrogens (tertiary/aromatic N) is 2. The van der Waals surface area contributed by atoms with Gasteiger partial charge >= 0.3 is 0 Å². The average molecular weight is 279 g/mol. The van der Waals surface area contributed by atoms with E-state index in [1.165, 1.54) is 6.26 Å². The fourth-order valence-corrected chi connectivity index (χ4v) is 2.57. The highest BCUT2D eigenvalue weighted by molar-refractivity contribution is 7.90. The molecule has 19 heavy (non-hydrogen) atoms. The molecule has 6 heteroatoms. The number of rotatable bonds is 4. The van der Waals surface area contributed by atoms with Gasteiger partial charge in [0.15, 0.2) is 9.84 Å². The maximum atomic E-state index is 11.4. The van der Waals surface area contributed by atoms with E-state index in [4.69, 9.17) is 5.73 Å². The van der Waals surface area contributed by atoms with Crippen molar-refractivity contribution in [1.82, 2.24) is 9.55 Å². The standard InChI is InChI=1S/C13H17N3O2S/c1-3-16-9-8-15-13(16)12(14)10-4-6-11(7-5-10)19(2,17)18/h4-9,12H,3,14H2,1-2H3. The van der Waals surface area contributed by atoms with Gasteiger partial charge in [-0.25, -0.2) is 13.4 Å². The van der Waals surface area contributed by atoms with Crippen LogP contribution in [0.15, 0.2) is 41.6 Å². The highest BCUT2D eigenvalue weighted by Crippen LogP contribution is 2.20. The number of hydrogen-bond donors (Lipinski definition) is 1. The van der Waals surface area contributed by atoms with Crippen LogP contribution in [-0.2, 0) is 16.4 Å². The lowest BCUT2D eigenvalue weighted by molar-refractivity contribution is 0.601. The minimum Gasteiger partial charge on any atom is -0.334 e. The molecule has 0 saturated heterocycles. The molecule has 1 atom stereocenters. The van der Waals surface area contributed by atoms with Crippen molar-refractivity contribution in [2.45, 2.75) is 24.4 Å². The monoisotopic (exact) mass is 279 g/mol. The van der Waals surface area contributed by atoms with Crippen molar-refractivity contribution < 1.29 is 8.42 Å². The molecule has 0 radical (unpaired) electrons. The van der Waals surface area contributed by atoms with Gasteiger partial charge in [0.2, 0.25) is 0 Å². The molecule has 2 rings (SSSR count). The predicted molar refractivity (Wildman–Crippen MR) is 73.5 cm³/mol. The zero-order valence-corrected chi connectivity index (χ0v) is 11.8. The normalized spacial score (nSPS) is 13.4. The van der Waals surface area contributed by atoms with Gasteiger partial charge < -0.3 is 10.3 Å². The Morgan fingerprint density at radius 2 is 1.95 bits per heavy atom. The Hall–Kier alpha value is -1.66. The first-order valence-corrected chi connectivity index (χ1v) is 7.89. The molecule has 2 N–H and O–H groups in total. The van der Waals surface area contributed by atoms with Crippen LogP contribution in [0.25, 0.3) is 0 Å². The van der Waals surface area contributed by atoms with Gasteiger partial charge in [0, 0.05) is 25.2 Å². The molecule has 0 bridgehead atoms. The summed E-state index contributed by atoms with van der Waals surface area (Å²) in [5, 5.41) is 0. The fraction of sp³-hybridized carbons (Fsp3) is 0.308. The number of sulfone groups is 1. The van der Waals surface area contributed by atoms with Gasteiger partial charge in [0.25, 0.3) is 0 Å². The lowest BCUT2D eigenvalue weighted by atomic mass is 10.1. The van der Waals surface area contributed by atoms with Crippen molar-refractivity contribution in [2.75, 3.05) is 6.26 Å². The minimum atomic E-state index is -3.17. The highest BCUT2D eigenvalue weighted by atomic mass is 32.2. The number of aryl methyl sites for hydroxylation is 1. The van der Waals surface area contributed by atoms with Crippen LogP contribution in [0.4, 0.5) is 0 Å². The summed E-state index contributed by atoms with van der Waals surface area (Å²) in [6, 6.07) is 6.25. The first kappa shape index (κ1) is 13.8. The average Bonchev–Trinajstić information content (AvgIpc) is 2.85. The van der Waals surface area contributed by atoms with E-state index in [2.05, 4.69) is 4.98 Å². The van der Waals surface area contributed by atoms with Crippen LogP contribution in [0.1, 0.15) is 24.4 Å². The van der Waals surface area contributed by atoms with E-state index in [0.29, 0.717) is 4.90 Å². The Balaban J connectivity index is 2.33. The predicted octanol–water partition coefficient (Wildman–Crippen LogP) is 1.35. The Labute approximate surface area is 113 Å². The van der Waals surface area contributed by atoms with Crippen LogP contribution in [0.3, 0.4) is 0 Å². The number of aromatic nitrogens is 2. The van der Waals surface area contributed by atoms with Gasteiger partial charge in [-0.2, -0.15) is 0 Å². The molecule has 0 spiro atoms. The van der Waals surface area contributed by atoms with E-state index in [-0.39, 0.29) is 6.04 Å². The molecule has 102 valence electrons. The van der Waals surface area contributed by atoms with Gasteiger partial charge in [0.1, 0.15) is 5.82 Å². The summed E-state index contributed by atoms with van der Waals surface area (Å²) in [5.74, 6) is 0.773. The van der Waals surface area contributed by atoms with Crippen LogP contribution in [0.2, 0.25) is 0 Å². The SMILES string of the molecule is CCn1ccnc1C(N)c1ccc(S(C)(=O)=O)cc1. The van der Waals surface area contributed by atoms with Crippen molar-refractivity contribution in [3.63, 3.8) is 0 Å². The second-order valence-electron chi connectivity index (χ2n) is 4.39. The van der Waals surface area contributed by atoms with E-state index in [0.717, 1.165) is 17.9 Å². The highest BCUT2D eigenvalue weighted by Gasteiger charge is 2.15. The van der Waals surface area contributed by atoms with Crippen LogP contribution >= 0.6 is 0 Å². The molecule has 0 aliphatic heterocycles. The molecule has 2 aromatic rings. The molecular formula is C13H17N3O2S. The van der Waals surface area contributed by atoms with Crippen LogP contribution in [-0.4, -0.2) is 24.2 Å². The van der Waals surface area contributed by atoms with Crippen LogP contribution < -0.4 is 5.73 Å². The Bertz CT molecular complexity index is 659. The zero-order valence-electron chi connectivity index (χ0n) is 10.9. The number of benzene rings is 1. The van der Waals surface area contributed by atoms with Crippen molar-refractivity contribution in [3.05, 3.63) is 48.0 Å². The Morgan fingerprint density at radius 1 is 1.32 bits per heavy atom. The zero-order chi connectivity index (χ0) is 14.0. The van der Waals surface area contributed by atoms with E-state index in [1.54, 1.807) is 30.5 Å². The van der Waals surface area contributed by atoms with Gasteiger partial charge in [0.05, 0.1) is 10.9 Å². The summed E-state index contributed by atoms with van der Waals surface area (Å²) in [6.45, 7) is 2.81. The van der Waals surface area contributed by atoms with Crippen LogP contribution in [0.5, 0.6) is 0 Å². The summed E-state index contributed by atoms with van der Waals surface area (Å²) in [4.78, 5) is 4.55. The molecule has 1 aromatic heterocycles. The summed E-state index contributed by atoms with van der Waals surface area (Å²) in [5.41, 5.74) is 7.00. The summed E-state index contributed by atoms with van der Waals surface area (Å²) in [6.07, 6.45) is 4.77. The summed E-state index contributed by atoms with van der Waals surface area (Å²) >= 11 is 0. The number of imidazole rings is 1. The molecule has 0 aliphatic rings. The topological polar surface area (TPSA) is 78.0 Å². The third kappa shape index (κ3) is 2.85. The lowest BCUT2D eigenvalue weighted by Crippen LogP contribution is -2.17. The summed E-state index contributed by atoms with van der Waals surface area (Å²) < 4.78 is 24.8. The smallest absolute Gasteiger partial charge is 0.175 e. The van der Waals surface area contributed by atoms with E-state index >= 15 is 0 Å². The van der Waals surface area contributed by atoms with Crippen molar-refractivity contribution in [1.29, 1.82) is 0 Å². The van der Waals surface area contributed by atoms with Gasteiger partial charge in [-0.3, -0.25) is 0 Å². The molecule has 1 heterocycles. The fourth-order valence-electron chi connectivity index (χ4n) is 1.94. The Morgan fingerprint density at radius 3 is 2.47 bits per heavy atom. The van der Waals surface area contributed by atoms with Crippen LogP contribution in [0, 0.1) is 0 Å². The maximum Gasteiger partial charge on any atom is 0.175 e. The minimum absolute atomic E-state index is 0.294. The second-order valence-corrected chi connectivity index (χ2v) is 6.41. The molecule has 1 aromatic carbocycles. The molecular weight excluding hydrogens is 262 g/mol. The molecule has 0 saturated carbocycles. The third-order valence-corrected chi connectivity index (χ3v) is 4.16. The van der Waals surface area contributed by atoms with Crippen molar-refractivity contribution >= 4 is 9.84 Å². The molecule has 0 aliphatic carbocycles. The first-order valence-electron chi connectivity index (χ1n) is 6.00. The summed E-state index contributed by atoms with van der Waals surface area (Å²) in [7, 11) is -3.17. The lowest BCUT2D eigenvalue weighted by Gasteiger charge is -2.13. The number of hydrogen-bond acceptors (Lipinski definition) is 4. The Kier molecular flexibility index (Phi) is 3.73. The van der Waals surface area contributed by atoms with Gasteiger partial charge in [-0.15, -0.1) is 0 Å². The van der Waals surface area contributed by atoms with E-state index < -0.39 is 9.84 Å². The molecule has 1 unspecified atom stereocenters. The van der Waals surface area contributed by atoms with E-state index in [1.807, 2.05) is 17.7 Å². The molecule has 0 amide bonds. The largest absolute Gasteiger partial charge is 0.334 e.